The molecule has 2 aromatic rings. The van der Waals surface area contributed by atoms with E-state index in [9.17, 15) is 16.8 Å². The molecule has 0 amide bonds. The maximum atomic E-state index is 12.1. The average molecular weight is 332 g/mol. The number of sulfonamides is 2. The molecule has 1 aromatic carbocycles. The fourth-order valence-corrected chi connectivity index (χ4v) is 4.39. The predicted molar refractivity (Wildman–Crippen MR) is 77.7 cm³/mol. The van der Waals surface area contributed by atoms with E-state index in [1.165, 1.54) is 30.3 Å². The van der Waals surface area contributed by atoms with Crippen LogP contribution in [0.1, 0.15) is 4.88 Å². The number of anilines is 1. The van der Waals surface area contributed by atoms with Crippen LogP contribution in [0.3, 0.4) is 0 Å². The summed E-state index contributed by atoms with van der Waals surface area (Å²) in [5.74, 6) is 0. The SMILES string of the molecule is Cc1ccc(S(=O)(=O)Nc2cccc(S(N)(=O)=O)c2)s1. The maximum Gasteiger partial charge on any atom is 0.271 e. The van der Waals surface area contributed by atoms with Crippen molar-refractivity contribution in [3.05, 3.63) is 41.3 Å². The topological polar surface area (TPSA) is 106 Å². The van der Waals surface area contributed by atoms with Crippen LogP contribution in [0, 0.1) is 6.92 Å². The number of aryl methyl sites for hydroxylation is 1. The summed E-state index contributed by atoms with van der Waals surface area (Å²) in [5.41, 5.74) is 0.141. The molecule has 0 fully saturated rings. The molecule has 0 saturated heterocycles. The van der Waals surface area contributed by atoms with Crippen molar-refractivity contribution in [1.29, 1.82) is 0 Å². The van der Waals surface area contributed by atoms with Crippen LogP contribution in [0.5, 0.6) is 0 Å². The van der Waals surface area contributed by atoms with Gasteiger partial charge in [0.15, 0.2) is 0 Å². The Balaban J connectivity index is 2.35. The third kappa shape index (κ3) is 3.37. The molecule has 1 aromatic heterocycles. The van der Waals surface area contributed by atoms with Gasteiger partial charge in [-0.1, -0.05) is 6.07 Å². The molecule has 0 saturated carbocycles. The Kier molecular flexibility index (Phi) is 3.87. The van der Waals surface area contributed by atoms with Gasteiger partial charge in [0.25, 0.3) is 10.0 Å². The van der Waals surface area contributed by atoms with Crippen LogP contribution in [-0.4, -0.2) is 16.8 Å². The van der Waals surface area contributed by atoms with Crippen molar-refractivity contribution >= 4 is 37.1 Å². The molecule has 0 unspecified atom stereocenters. The fraction of sp³-hybridized carbons (Fsp3) is 0.0909. The van der Waals surface area contributed by atoms with Crippen molar-refractivity contribution < 1.29 is 16.8 Å². The molecule has 0 aliphatic heterocycles. The second kappa shape index (κ2) is 5.17. The Labute approximate surface area is 121 Å². The standard InChI is InChI=1S/C11H12N2O4S3/c1-8-5-6-11(18-8)20(16,17)13-9-3-2-4-10(7-9)19(12,14)15/h2-7,13H,1H3,(H2,12,14,15). The van der Waals surface area contributed by atoms with Crippen LogP contribution in [0.2, 0.25) is 0 Å². The summed E-state index contributed by atoms with van der Waals surface area (Å²) < 4.78 is 49.1. The Morgan fingerprint density at radius 3 is 2.35 bits per heavy atom. The molecule has 0 aliphatic rings. The van der Waals surface area contributed by atoms with Crippen molar-refractivity contribution in [2.75, 3.05) is 4.72 Å². The smallest absolute Gasteiger partial charge is 0.271 e. The first-order valence-corrected chi connectivity index (χ1v) is 9.25. The first-order chi connectivity index (χ1) is 9.18. The highest BCUT2D eigenvalue weighted by atomic mass is 32.2. The van der Waals surface area contributed by atoms with Gasteiger partial charge in [0.2, 0.25) is 10.0 Å². The van der Waals surface area contributed by atoms with Crippen LogP contribution < -0.4 is 9.86 Å². The molecule has 1 heterocycles. The van der Waals surface area contributed by atoms with E-state index < -0.39 is 20.0 Å². The normalized spacial score (nSPS) is 12.3. The zero-order chi connectivity index (χ0) is 15.0. The van der Waals surface area contributed by atoms with Crippen molar-refractivity contribution in [3.63, 3.8) is 0 Å². The Morgan fingerprint density at radius 1 is 1.10 bits per heavy atom. The van der Waals surface area contributed by atoms with Gasteiger partial charge in [-0.2, -0.15) is 0 Å². The molecule has 108 valence electrons. The maximum absolute atomic E-state index is 12.1. The summed E-state index contributed by atoms with van der Waals surface area (Å²) in [6.45, 7) is 1.80. The minimum atomic E-state index is -3.87. The van der Waals surface area contributed by atoms with Gasteiger partial charge in [-0.25, -0.2) is 22.0 Å². The molecule has 20 heavy (non-hydrogen) atoms. The van der Waals surface area contributed by atoms with Gasteiger partial charge in [0, 0.05) is 4.88 Å². The lowest BCUT2D eigenvalue weighted by Crippen LogP contribution is -2.14. The molecule has 0 spiro atoms. The number of hydrogen-bond donors (Lipinski definition) is 2. The summed E-state index contributed by atoms with van der Waals surface area (Å²) in [6, 6.07) is 8.52. The van der Waals surface area contributed by atoms with Gasteiger partial charge >= 0.3 is 0 Å². The highest BCUT2D eigenvalue weighted by Gasteiger charge is 2.17. The van der Waals surface area contributed by atoms with Crippen LogP contribution in [-0.2, 0) is 20.0 Å². The average Bonchev–Trinajstić information content (AvgIpc) is 2.75. The highest BCUT2D eigenvalue weighted by molar-refractivity contribution is 7.94. The van der Waals surface area contributed by atoms with Crippen LogP contribution >= 0.6 is 11.3 Å². The number of rotatable bonds is 4. The fourth-order valence-electron chi connectivity index (χ4n) is 1.50. The molecule has 0 radical (unpaired) electrons. The number of hydrogen-bond acceptors (Lipinski definition) is 5. The summed E-state index contributed by atoms with van der Waals surface area (Å²) in [7, 11) is -7.60. The lowest BCUT2D eigenvalue weighted by atomic mass is 10.3. The molecule has 3 N–H and O–H groups in total. The number of nitrogens with two attached hydrogens (primary N) is 1. The zero-order valence-corrected chi connectivity index (χ0v) is 12.8. The van der Waals surface area contributed by atoms with E-state index in [2.05, 4.69) is 4.72 Å². The highest BCUT2D eigenvalue weighted by Crippen LogP contribution is 2.24. The van der Waals surface area contributed by atoms with E-state index in [0.29, 0.717) is 0 Å². The third-order valence-electron chi connectivity index (χ3n) is 2.40. The minimum absolute atomic E-state index is 0.141. The first-order valence-electron chi connectivity index (χ1n) is 5.41. The van der Waals surface area contributed by atoms with Crippen molar-refractivity contribution in [3.8, 4) is 0 Å². The summed E-state index contributed by atoms with van der Waals surface area (Å²) in [6.07, 6.45) is 0. The van der Waals surface area contributed by atoms with Crippen molar-refractivity contribution in [1.82, 2.24) is 0 Å². The van der Waals surface area contributed by atoms with E-state index in [0.717, 1.165) is 16.2 Å². The predicted octanol–water partition coefficient (Wildman–Crippen LogP) is 1.50. The summed E-state index contributed by atoms with van der Waals surface area (Å²) >= 11 is 1.13. The van der Waals surface area contributed by atoms with E-state index in [-0.39, 0.29) is 14.8 Å². The monoisotopic (exact) mass is 332 g/mol. The molecular formula is C11H12N2O4S3. The van der Waals surface area contributed by atoms with E-state index in [1.54, 1.807) is 13.0 Å². The van der Waals surface area contributed by atoms with Crippen molar-refractivity contribution in [2.45, 2.75) is 16.0 Å². The first kappa shape index (κ1) is 15.0. The minimum Gasteiger partial charge on any atom is -0.279 e. The molecule has 9 heteroatoms. The molecule has 0 atom stereocenters. The number of benzene rings is 1. The Hall–Kier alpha value is -1.42. The largest absolute Gasteiger partial charge is 0.279 e. The molecule has 2 rings (SSSR count). The number of primary sulfonamides is 1. The Morgan fingerprint density at radius 2 is 1.80 bits per heavy atom. The van der Waals surface area contributed by atoms with Gasteiger partial charge < -0.3 is 0 Å². The third-order valence-corrected chi connectivity index (χ3v) is 6.18. The van der Waals surface area contributed by atoms with Crippen LogP contribution in [0.25, 0.3) is 0 Å². The molecule has 6 nitrogen and oxygen atoms in total. The number of thiophene rings is 1. The van der Waals surface area contributed by atoms with E-state index >= 15 is 0 Å². The van der Waals surface area contributed by atoms with Gasteiger partial charge in [-0.15, -0.1) is 11.3 Å². The summed E-state index contributed by atoms with van der Waals surface area (Å²) in [4.78, 5) is 0.712. The quantitative estimate of drug-likeness (QED) is 0.885. The van der Waals surface area contributed by atoms with Crippen LogP contribution in [0.4, 0.5) is 5.69 Å². The number of nitrogens with one attached hydrogen (secondary N) is 1. The van der Waals surface area contributed by atoms with Gasteiger partial charge in [-0.3, -0.25) is 4.72 Å². The van der Waals surface area contributed by atoms with Crippen LogP contribution in [0.15, 0.2) is 45.5 Å². The molecular weight excluding hydrogens is 320 g/mol. The summed E-state index contributed by atoms with van der Waals surface area (Å²) in [5, 5.41) is 5.00. The van der Waals surface area contributed by atoms with Gasteiger partial charge in [0.1, 0.15) is 4.21 Å². The van der Waals surface area contributed by atoms with Crippen molar-refractivity contribution in [2.24, 2.45) is 5.14 Å². The van der Waals surface area contributed by atoms with E-state index in [4.69, 9.17) is 5.14 Å². The van der Waals surface area contributed by atoms with Gasteiger partial charge in [0.05, 0.1) is 10.6 Å². The van der Waals surface area contributed by atoms with Gasteiger partial charge in [-0.05, 0) is 37.3 Å². The second-order valence-electron chi connectivity index (χ2n) is 4.04. The lowest BCUT2D eigenvalue weighted by molar-refractivity contribution is 0.596. The Bertz CT molecular complexity index is 838. The molecule has 0 aliphatic carbocycles. The lowest BCUT2D eigenvalue weighted by Gasteiger charge is -2.07. The zero-order valence-electron chi connectivity index (χ0n) is 10.4. The van der Waals surface area contributed by atoms with E-state index in [1.807, 2.05) is 0 Å². The second-order valence-corrected chi connectivity index (χ2v) is 8.80. The molecule has 0 bridgehead atoms.